The van der Waals surface area contributed by atoms with Crippen LogP contribution in [0.5, 0.6) is 0 Å². The highest BCUT2D eigenvalue weighted by Gasteiger charge is 2.36. The van der Waals surface area contributed by atoms with Gasteiger partial charge in [-0.15, -0.1) is 0 Å². The van der Waals surface area contributed by atoms with Crippen LogP contribution in [-0.2, 0) is 16.2 Å². The van der Waals surface area contributed by atoms with Crippen molar-refractivity contribution in [2.24, 2.45) is 5.14 Å². The van der Waals surface area contributed by atoms with Gasteiger partial charge in [0.25, 0.3) is 0 Å². The summed E-state index contributed by atoms with van der Waals surface area (Å²) < 4.78 is 64.2. The third-order valence-corrected chi connectivity index (χ3v) is 5.31. The number of aromatic nitrogens is 2. The number of rotatable bonds is 3. The number of primary sulfonamides is 1. The van der Waals surface area contributed by atoms with Crippen molar-refractivity contribution in [1.82, 2.24) is 9.78 Å². The molecule has 0 aliphatic rings. The smallest absolute Gasteiger partial charge is 0.231 e. The normalized spacial score (nSPS) is 12.4. The molecule has 0 spiro atoms. The average Bonchev–Trinajstić information content (AvgIpc) is 3.02. The molecule has 11 heteroatoms. The SMILES string of the molecule is NS(=O)(=O)c1ccccc1-n1nc(C(F)(F)F)cc1-c1ccc(Cl)c(Cl)c1. The standard InChI is InChI=1S/C16H10Cl2F3N3O2S/c17-10-6-5-9(7-11(10)18)13-8-15(16(19,20)21)23-24(13)12-3-1-2-4-14(12)27(22,25)26/h1-8H,(H2,22,25,26). The lowest BCUT2D eigenvalue weighted by Gasteiger charge is -2.12. The van der Waals surface area contributed by atoms with Crippen molar-refractivity contribution in [3.05, 3.63) is 64.3 Å². The molecule has 0 saturated heterocycles. The molecule has 1 heterocycles. The van der Waals surface area contributed by atoms with Crippen LogP contribution in [0.25, 0.3) is 16.9 Å². The lowest BCUT2D eigenvalue weighted by atomic mass is 10.1. The van der Waals surface area contributed by atoms with Crippen molar-refractivity contribution < 1.29 is 21.6 Å². The minimum atomic E-state index is -4.74. The Balaban J connectivity index is 2.34. The zero-order valence-electron chi connectivity index (χ0n) is 13.2. The molecule has 2 aromatic carbocycles. The fraction of sp³-hybridized carbons (Fsp3) is 0.0625. The molecule has 0 bridgehead atoms. The Labute approximate surface area is 162 Å². The summed E-state index contributed by atoms with van der Waals surface area (Å²) in [6, 6.07) is 10.3. The van der Waals surface area contributed by atoms with Crippen molar-refractivity contribution in [3.63, 3.8) is 0 Å². The van der Waals surface area contributed by atoms with Crippen LogP contribution in [0.3, 0.4) is 0 Å². The first kappa shape index (κ1) is 19.7. The molecule has 0 saturated carbocycles. The van der Waals surface area contributed by atoms with Crippen molar-refractivity contribution >= 4 is 33.2 Å². The molecule has 0 amide bonds. The van der Waals surface area contributed by atoms with Crippen LogP contribution in [0.4, 0.5) is 13.2 Å². The molecular formula is C16H10Cl2F3N3O2S. The molecule has 0 aliphatic heterocycles. The monoisotopic (exact) mass is 435 g/mol. The quantitative estimate of drug-likeness (QED) is 0.656. The van der Waals surface area contributed by atoms with Crippen LogP contribution in [-0.4, -0.2) is 18.2 Å². The molecule has 2 N–H and O–H groups in total. The molecule has 0 fully saturated rings. The van der Waals surface area contributed by atoms with Crippen LogP contribution >= 0.6 is 23.2 Å². The fourth-order valence-electron chi connectivity index (χ4n) is 2.44. The highest BCUT2D eigenvalue weighted by molar-refractivity contribution is 7.89. The van der Waals surface area contributed by atoms with Gasteiger partial charge < -0.3 is 0 Å². The molecule has 0 aliphatic carbocycles. The topological polar surface area (TPSA) is 78.0 Å². The summed E-state index contributed by atoms with van der Waals surface area (Å²) in [7, 11) is -4.21. The Hall–Kier alpha value is -2.07. The van der Waals surface area contributed by atoms with Gasteiger partial charge in [0.2, 0.25) is 10.0 Å². The molecule has 3 rings (SSSR count). The van der Waals surface area contributed by atoms with Crippen LogP contribution < -0.4 is 5.14 Å². The van der Waals surface area contributed by atoms with E-state index in [0.29, 0.717) is 0 Å². The summed E-state index contributed by atoms with van der Waals surface area (Å²) in [5.41, 5.74) is -1.10. The zero-order chi connectivity index (χ0) is 20.0. The van der Waals surface area contributed by atoms with Gasteiger partial charge in [0, 0.05) is 5.56 Å². The molecule has 0 atom stereocenters. The van der Waals surface area contributed by atoms with E-state index in [1.54, 1.807) is 0 Å². The Morgan fingerprint density at radius 2 is 1.67 bits per heavy atom. The summed E-state index contributed by atoms with van der Waals surface area (Å²) in [6.45, 7) is 0. The third-order valence-electron chi connectivity index (χ3n) is 3.62. The van der Waals surface area contributed by atoms with Crippen LogP contribution in [0, 0.1) is 0 Å². The minimum absolute atomic E-state index is 0.0306. The van der Waals surface area contributed by atoms with Crippen molar-refractivity contribution in [2.75, 3.05) is 0 Å². The van der Waals surface area contributed by atoms with Crippen LogP contribution in [0.1, 0.15) is 5.69 Å². The summed E-state index contributed by atoms with van der Waals surface area (Å²) in [5, 5.41) is 9.08. The molecule has 0 unspecified atom stereocenters. The maximum atomic E-state index is 13.2. The Morgan fingerprint density at radius 1 is 1.00 bits per heavy atom. The summed E-state index contributed by atoms with van der Waals surface area (Å²) in [5.74, 6) is 0. The first-order valence-corrected chi connectivity index (χ1v) is 9.53. The highest BCUT2D eigenvalue weighted by Crippen LogP contribution is 2.36. The van der Waals surface area contributed by atoms with Gasteiger partial charge in [-0.2, -0.15) is 18.3 Å². The number of alkyl halides is 3. The second kappa shape index (κ2) is 6.83. The summed E-state index contributed by atoms with van der Waals surface area (Å²) in [4.78, 5) is -0.372. The second-order valence-corrected chi connectivity index (χ2v) is 7.81. The number of sulfonamides is 1. The van der Waals surface area contributed by atoms with Crippen molar-refractivity contribution in [3.8, 4) is 16.9 Å². The van der Waals surface area contributed by atoms with Gasteiger partial charge in [-0.3, -0.25) is 0 Å². The average molecular weight is 436 g/mol. The predicted molar refractivity (Wildman–Crippen MR) is 95.4 cm³/mol. The molecule has 1 aromatic heterocycles. The molecule has 0 radical (unpaired) electrons. The lowest BCUT2D eigenvalue weighted by Crippen LogP contribution is -2.16. The molecule has 5 nitrogen and oxygen atoms in total. The lowest BCUT2D eigenvalue weighted by molar-refractivity contribution is -0.141. The van der Waals surface area contributed by atoms with E-state index in [1.807, 2.05) is 0 Å². The fourth-order valence-corrected chi connectivity index (χ4v) is 3.45. The second-order valence-electron chi connectivity index (χ2n) is 5.47. The number of para-hydroxylation sites is 1. The molecular weight excluding hydrogens is 426 g/mol. The predicted octanol–water partition coefficient (Wildman–Crippen LogP) is 4.51. The number of nitrogens with zero attached hydrogens (tertiary/aromatic N) is 2. The zero-order valence-corrected chi connectivity index (χ0v) is 15.5. The van der Waals surface area contributed by atoms with E-state index in [0.717, 1.165) is 10.7 Å². The van der Waals surface area contributed by atoms with Crippen LogP contribution in [0.2, 0.25) is 10.0 Å². The number of halogens is 5. The van der Waals surface area contributed by atoms with E-state index in [1.165, 1.54) is 42.5 Å². The molecule has 3 aromatic rings. The van der Waals surface area contributed by atoms with E-state index < -0.39 is 21.9 Å². The minimum Gasteiger partial charge on any atom is -0.231 e. The first-order chi connectivity index (χ1) is 12.5. The van der Waals surface area contributed by atoms with Gasteiger partial charge in [-0.05, 0) is 30.3 Å². The molecule has 27 heavy (non-hydrogen) atoms. The maximum Gasteiger partial charge on any atom is 0.435 e. The van der Waals surface area contributed by atoms with Crippen LogP contribution in [0.15, 0.2) is 53.4 Å². The van der Waals surface area contributed by atoms with Crippen molar-refractivity contribution in [1.29, 1.82) is 0 Å². The van der Waals surface area contributed by atoms with Crippen molar-refractivity contribution in [2.45, 2.75) is 11.1 Å². The summed E-state index contributed by atoms with van der Waals surface area (Å²) >= 11 is 11.8. The maximum absolute atomic E-state index is 13.2. The Morgan fingerprint density at radius 3 is 2.26 bits per heavy atom. The van der Waals surface area contributed by atoms with Gasteiger partial charge in [0.05, 0.1) is 21.4 Å². The number of nitrogens with two attached hydrogens (primary N) is 1. The van der Waals surface area contributed by atoms with Gasteiger partial charge >= 0.3 is 6.18 Å². The largest absolute Gasteiger partial charge is 0.435 e. The van der Waals surface area contributed by atoms with E-state index >= 15 is 0 Å². The third kappa shape index (κ3) is 3.96. The van der Waals surface area contributed by atoms with Gasteiger partial charge in [0.1, 0.15) is 4.90 Å². The number of hydrogen-bond acceptors (Lipinski definition) is 3. The van der Waals surface area contributed by atoms with E-state index in [-0.39, 0.29) is 31.9 Å². The Kier molecular flexibility index (Phi) is 4.98. The number of hydrogen-bond donors (Lipinski definition) is 1. The highest BCUT2D eigenvalue weighted by atomic mass is 35.5. The Bertz CT molecular complexity index is 1130. The molecule has 142 valence electrons. The van der Waals surface area contributed by atoms with E-state index in [9.17, 15) is 21.6 Å². The summed E-state index contributed by atoms with van der Waals surface area (Å²) in [6.07, 6.45) is -4.74. The van der Waals surface area contributed by atoms with Gasteiger partial charge in [0.15, 0.2) is 5.69 Å². The van der Waals surface area contributed by atoms with E-state index in [4.69, 9.17) is 28.3 Å². The van der Waals surface area contributed by atoms with Gasteiger partial charge in [-0.1, -0.05) is 41.4 Å². The van der Waals surface area contributed by atoms with E-state index in [2.05, 4.69) is 5.10 Å². The number of benzene rings is 2. The first-order valence-electron chi connectivity index (χ1n) is 7.23. The van der Waals surface area contributed by atoms with Gasteiger partial charge in [-0.25, -0.2) is 18.2 Å².